The topological polar surface area (TPSA) is 57.2 Å². The Morgan fingerprint density at radius 3 is 2.62 bits per heavy atom. The molecule has 0 radical (unpaired) electrons. The van der Waals surface area contributed by atoms with Crippen LogP contribution < -0.4 is 10.2 Å². The van der Waals surface area contributed by atoms with Gasteiger partial charge in [0.15, 0.2) is 11.6 Å². The molecular formula is C18H26N6. The van der Waals surface area contributed by atoms with Crippen LogP contribution in [0.25, 0.3) is 0 Å². The molecule has 1 aliphatic rings. The molecule has 2 aromatic rings. The number of hydrogen-bond acceptors (Lipinski definition) is 6. The molecule has 6 heteroatoms. The van der Waals surface area contributed by atoms with Crippen LogP contribution >= 0.6 is 0 Å². The Bertz CT molecular complexity index is 624. The van der Waals surface area contributed by atoms with Crippen LogP contribution in [-0.4, -0.2) is 53.6 Å². The molecular weight excluding hydrogens is 300 g/mol. The quantitative estimate of drug-likeness (QED) is 0.880. The molecule has 3 heterocycles. The van der Waals surface area contributed by atoms with Gasteiger partial charge < -0.3 is 10.2 Å². The molecule has 1 atom stereocenters. The van der Waals surface area contributed by atoms with Gasteiger partial charge in [0.05, 0.1) is 6.04 Å². The number of aromatic nitrogens is 3. The molecule has 0 aliphatic carbocycles. The van der Waals surface area contributed by atoms with Gasteiger partial charge in [0, 0.05) is 45.4 Å². The van der Waals surface area contributed by atoms with Crippen LogP contribution in [0.3, 0.4) is 0 Å². The Balaban J connectivity index is 1.77. The van der Waals surface area contributed by atoms with Gasteiger partial charge in [-0.1, -0.05) is 12.5 Å². The molecule has 0 spiro atoms. The Labute approximate surface area is 143 Å². The van der Waals surface area contributed by atoms with E-state index in [0.29, 0.717) is 6.04 Å². The number of rotatable bonds is 6. The maximum atomic E-state index is 4.46. The molecule has 0 saturated carbocycles. The van der Waals surface area contributed by atoms with E-state index in [1.807, 2.05) is 37.5 Å². The van der Waals surface area contributed by atoms with Crippen LogP contribution in [-0.2, 0) is 0 Å². The molecule has 1 saturated heterocycles. The highest BCUT2D eigenvalue weighted by molar-refractivity contribution is 5.59. The van der Waals surface area contributed by atoms with Gasteiger partial charge in [0.1, 0.15) is 0 Å². The Morgan fingerprint density at radius 2 is 1.92 bits per heavy atom. The average molecular weight is 326 g/mol. The maximum absolute atomic E-state index is 4.46. The van der Waals surface area contributed by atoms with E-state index in [4.69, 9.17) is 0 Å². The summed E-state index contributed by atoms with van der Waals surface area (Å²) in [4.78, 5) is 17.7. The van der Waals surface area contributed by atoms with Crippen molar-refractivity contribution in [2.75, 3.05) is 43.9 Å². The predicted molar refractivity (Wildman–Crippen MR) is 97.3 cm³/mol. The second kappa shape index (κ2) is 8.06. The predicted octanol–water partition coefficient (Wildman–Crippen LogP) is 2.58. The number of nitrogens with zero attached hydrogens (tertiary/aromatic N) is 5. The van der Waals surface area contributed by atoms with Crippen molar-refractivity contribution in [3.05, 3.63) is 42.5 Å². The number of nitrogens with one attached hydrogen (secondary N) is 1. The zero-order chi connectivity index (χ0) is 16.8. The minimum absolute atomic E-state index is 0.302. The van der Waals surface area contributed by atoms with Crippen molar-refractivity contribution in [1.29, 1.82) is 0 Å². The van der Waals surface area contributed by atoms with Crippen molar-refractivity contribution in [2.24, 2.45) is 0 Å². The summed E-state index contributed by atoms with van der Waals surface area (Å²) >= 11 is 0. The first-order valence-electron chi connectivity index (χ1n) is 8.62. The van der Waals surface area contributed by atoms with Crippen molar-refractivity contribution in [1.82, 2.24) is 19.9 Å². The molecule has 1 N–H and O–H groups in total. The number of pyridine rings is 1. The van der Waals surface area contributed by atoms with Crippen molar-refractivity contribution in [2.45, 2.75) is 25.3 Å². The van der Waals surface area contributed by atoms with Gasteiger partial charge in [-0.3, -0.25) is 9.88 Å². The molecule has 3 rings (SSSR count). The van der Waals surface area contributed by atoms with Gasteiger partial charge in [-0.15, -0.1) is 0 Å². The molecule has 0 amide bonds. The number of hydrogen-bond donors (Lipinski definition) is 1. The van der Waals surface area contributed by atoms with E-state index in [9.17, 15) is 0 Å². The second-order valence-electron chi connectivity index (χ2n) is 6.40. The highest BCUT2D eigenvalue weighted by Gasteiger charge is 2.23. The molecule has 128 valence electrons. The molecule has 2 aromatic heterocycles. The van der Waals surface area contributed by atoms with E-state index < -0.39 is 0 Å². The van der Waals surface area contributed by atoms with Crippen molar-refractivity contribution < 1.29 is 0 Å². The minimum Gasteiger partial charge on any atom is -0.365 e. The van der Waals surface area contributed by atoms with Gasteiger partial charge in [-0.25, -0.2) is 9.97 Å². The standard InChI is InChI=1S/C18H26N6/c1-23(2)18-17(20-9-10-21-18)22-14-16(15-7-6-8-19-13-15)24-11-4-3-5-12-24/h6-10,13,16H,3-5,11-12,14H2,1-2H3,(H,20,22). The van der Waals surface area contributed by atoms with Crippen molar-refractivity contribution >= 4 is 11.6 Å². The van der Waals surface area contributed by atoms with Gasteiger partial charge in [0.2, 0.25) is 0 Å². The second-order valence-corrected chi connectivity index (χ2v) is 6.40. The molecule has 0 bridgehead atoms. The number of anilines is 2. The minimum atomic E-state index is 0.302. The summed E-state index contributed by atoms with van der Waals surface area (Å²) in [6, 6.07) is 4.48. The van der Waals surface area contributed by atoms with Gasteiger partial charge >= 0.3 is 0 Å². The van der Waals surface area contributed by atoms with Crippen LogP contribution in [0.1, 0.15) is 30.9 Å². The summed E-state index contributed by atoms with van der Waals surface area (Å²) in [6.07, 6.45) is 11.1. The monoisotopic (exact) mass is 326 g/mol. The average Bonchev–Trinajstić information content (AvgIpc) is 2.64. The Hall–Kier alpha value is -2.21. The number of piperidine rings is 1. The largest absolute Gasteiger partial charge is 0.365 e. The zero-order valence-electron chi connectivity index (χ0n) is 14.5. The molecule has 1 unspecified atom stereocenters. The molecule has 6 nitrogen and oxygen atoms in total. The summed E-state index contributed by atoms with van der Waals surface area (Å²) in [7, 11) is 3.97. The van der Waals surface area contributed by atoms with Crippen LogP contribution in [0.2, 0.25) is 0 Å². The van der Waals surface area contributed by atoms with E-state index in [2.05, 4.69) is 31.2 Å². The zero-order valence-corrected chi connectivity index (χ0v) is 14.5. The highest BCUT2D eigenvalue weighted by atomic mass is 15.2. The first-order chi connectivity index (χ1) is 11.8. The highest BCUT2D eigenvalue weighted by Crippen LogP contribution is 2.26. The fourth-order valence-electron chi connectivity index (χ4n) is 3.24. The van der Waals surface area contributed by atoms with E-state index in [-0.39, 0.29) is 0 Å². The fourth-order valence-corrected chi connectivity index (χ4v) is 3.24. The van der Waals surface area contributed by atoms with Crippen LogP contribution in [0, 0.1) is 0 Å². The normalized spacial score (nSPS) is 16.6. The fraction of sp³-hybridized carbons (Fsp3) is 0.500. The van der Waals surface area contributed by atoms with Crippen LogP contribution in [0.5, 0.6) is 0 Å². The maximum Gasteiger partial charge on any atom is 0.171 e. The van der Waals surface area contributed by atoms with Crippen LogP contribution in [0.15, 0.2) is 36.9 Å². The lowest BCUT2D eigenvalue weighted by molar-refractivity contribution is 0.170. The van der Waals surface area contributed by atoms with Crippen molar-refractivity contribution in [3.63, 3.8) is 0 Å². The van der Waals surface area contributed by atoms with E-state index in [1.165, 1.54) is 24.8 Å². The third-order valence-electron chi connectivity index (χ3n) is 4.47. The smallest absolute Gasteiger partial charge is 0.171 e. The Kier molecular flexibility index (Phi) is 5.59. The van der Waals surface area contributed by atoms with Gasteiger partial charge in [-0.2, -0.15) is 0 Å². The summed E-state index contributed by atoms with van der Waals surface area (Å²) in [5.74, 6) is 1.69. The lowest BCUT2D eigenvalue weighted by Gasteiger charge is -2.35. The van der Waals surface area contributed by atoms with Crippen LogP contribution in [0.4, 0.5) is 11.6 Å². The summed E-state index contributed by atoms with van der Waals surface area (Å²) in [5, 5.41) is 3.51. The first-order valence-corrected chi connectivity index (χ1v) is 8.62. The molecule has 0 aromatic carbocycles. The molecule has 1 fully saturated rings. The van der Waals surface area contributed by atoms with E-state index >= 15 is 0 Å². The summed E-state index contributed by atoms with van der Waals surface area (Å²) < 4.78 is 0. The summed E-state index contributed by atoms with van der Waals surface area (Å²) in [6.45, 7) is 3.08. The third-order valence-corrected chi connectivity index (χ3v) is 4.47. The lowest BCUT2D eigenvalue weighted by atomic mass is 10.0. The summed E-state index contributed by atoms with van der Waals surface area (Å²) in [5.41, 5.74) is 1.25. The third kappa shape index (κ3) is 4.00. The SMILES string of the molecule is CN(C)c1nccnc1NCC(c1cccnc1)N1CCCCC1. The molecule has 24 heavy (non-hydrogen) atoms. The van der Waals surface area contributed by atoms with E-state index in [0.717, 1.165) is 31.3 Å². The van der Waals surface area contributed by atoms with E-state index in [1.54, 1.807) is 12.4 Å². The first kappa shape index (κ1) is 16.6. The lowest BCUT2D eigenvalue weighted by Crippen LogP contribution is -2.37. The van der Waals surface area contributed by atoms with Gasteiger partial charge in [0.25, 0.3) is 0 Å². The van der Waals surface area contributed by atoms with Crippen molar-refractivity contribution in [3.8, 4) is 0 Å². The van der Waals surface area contributed by atoms with Gasteiger partial charge in [-0.05, 0) is 37.6 Å². The molecule has 1 aliphatic heterocycles. The Morgan fingerprint density at radius 1 is 1.12 bits per heavy atom. The number of likely N-dealkylation sites (tertiary alicyclic amines) is 1.